The summed E-state index contributed by atoms with van der Waals surface area (Å²) in [6.45, 7) is 0.591. The number of thioether (sulfide) groups is 1. The van der Waals surface area contributed by atoms with Gasteiger partial charge in [0.15, 0.2) is 12.1 Å². The SMILES string of the molecule is CNC(=O)C1COC(CC(=O)C=CSC)OC1. The van der Waals surface area contributed by atoms with Crippen LogP contribution in [0.5, 0.6) is 0 Å². The molecule has 1 heterocycles. The highest BCUT2D eigenvalue weighted by atomic mass is 32.2. The highest BCUT2D eigenvalue weighted by molar-refractivity contribution is 8.01. The molecule has 0 saturated carbocycles. The van der Waals surface area contributed by atoms with Gasteiger partial charge in [0, 0.05) is 7.05 Å². The zero-order valence-electron chi connectivity index (χ0n) is 9.97. The number of hydrogen-bond donors (Lipinski definition) is 1. The summed E-state index contributed by atoms with van der Waals surface area (Å²) in [5, 5.41) is 4.26. The van der Waals surface area contributed by atoms with E-state index in [1.165, 1.54) is 17.8 Å². The quantitative estimate of drug-likeness (QED) is 0.731. The van der Waals surface area contributed by atoms with E-state index in [9.17, 15) is 9.59 Å². The summed E-state index contributed by atoms with van der Waals surface area (Å²) in [7, 11) is 1.57. The van der Waals surface area contributed by atoms with Crippen LogP contribution in [0.1, 0.15) is 6.42 Å². The summed E-state index contributed by atoms with van der Waals surface area (Å²) in [5.41, 5.74) is 0. The fourth-order valence-electron chi connectivity index (χ4n) is 1.39. The van der Waals surface area contributed by atoms with Gasteiger partial charge in [-0.05, 0) is 17.7 Å². The topological polar surface area (TPSA) is 64.6 Å². The van der Waals surface area contributed by atoms with E-state index in [4.69, 9.17) is 9.47 Å². The van der Waals surface area contributed by atoms with Gasteiger partial charge >= 0.3 is 0 Å². The second-order valence-electron chi connectivity index (χ2n) is 3.62. The Morgan fingerprint density at radius 2 is 2.06 bits per heavy atom. The van der Waals surface area contributed by atoms with Gasteiger partial charge < -0.3 is 14.8 Å². The largest absolute Gasteiger partial charge is 0.359 e. The number of nitrogens with one attached hydrogen (secondary N) is 1. The summed E-state index contributed by atoms with van der Waals surface area (Å²) in [6, 6.07) is 0. The molecule has 0 bridgehead atoms. The molecule has 1 fully saturated rings. The fourth-order valence-corrected chi connectivity index (χ4v) is 1.68. The van der Waals surface area contributed by atoms with Crippen molar-refractivity contribution in [1.29, 1.82) is 0 Å². The van der Waals surface area contributed by atoms with Crippen LogP contribution in [0.2, 0.25) is 0 Å². The Morgan fingerprint density at radius 1 is 1.41 bits per heavy atom. The van der Waals surface area contributed by atoms with Crippen molar-refractivity contribution < 1.29 is 19.1 Å². The van der Waals surface area contributed by atoms with Crippen molar-refractivity contribution in [2.75, 3.05) is 26.5 Å². The van der Waals surface area contributed by atoms with Crippen LogP contribution in [0.3, 0.4) is 0 Å². The summed E-state index contributed by atoms with van der Waals surface area (Å²) >= 11 is 1.46. The van der Waals surface area contributed by atoms with Crippen LogP contribution < -0.4 is 5.32 Å². The maximum Gasteiger partial charge on any atom is 0.227 e. The molecule has 0 aliphatic carbocycles. The van der Waals surface area contributed by atoms with E-state index in [1.807, 2.05) is 6.26 Å². The first kappa shape index (κ1) is 14.2. The van der Waals surface area contributed by atoms with Gasteiger partial charge in [0.05, 0.1) is 25.6 Å². The molecule has 0 atom stereocenters. The van der Waals surface area contributed by atoms with Crippen LogP contribution >= 0.6 is 11.8 Å². The van der Waals surface area contributed by atoms with Gasteiger partial charge in [-0.25, -0.2) is 0 Å². The molecule has 0 unspecified atom stereocenters. The predicted octanol–water partition coefficient (Wildman–Crippen LogP) is 0.557. The zero-order valence-corrected chi connectivity index (χ0v) is 10.8. The van der Waals surface area contributed by atoms with Crippen molar-refractivity contribution in [3.63, 3.8) is 0 Å². The number of ether oxygens (including phenoxy) is 2. The van der Waals surface area contributed by atoms with Crippen molar-refractivity contribution in [3.05, 3.63) is 11.5 Å². The van der Waals surface area contributed by atoms with E-state index >= 15 is 0 Å². The van der Waals surface area contributed by atoms with Crippen LogP contribution in [-0.4, -0.2) is 44.5 Å². The maximum atomic E-state index is 11.4. The molecule has 1 aliphatic rings. The van der Waals surface area contributed by atoms with Crippen LogP contribution in [0.25, 0.3) is 0 Å². The number of carbonyl (C=O) groups is 2. The average molecular weight is 259 g/mol. The highest BCUT2D eigenvalue weighted by Crippen LogP contribution is 2.14. The number of amides is 1. The van der Waals surface area contributed by atoms with Crippen LogP contribution in [-0.2, 0) is 19.1 Å². The molecule has 1 rings (SSSR count). The Morgan fingerprint density at radius 3 is 2.59 bits per heavy atom. The molecule has 0 radical (unpaired) electrons. The van der Waals surface area contributed by atoms with Gasteiger partial charge in [-0.3, -0.25) is 9.59 Å². The number of ketones is 1. The standard InChI is InChI=1S/C11H17NO4S/c1-12-11(14)8-6-15-10(16-7-8)5-9(13)3-4-17-2/h3-4,8,10H,5-7H2,1-2H3,(H,12,14). The molecule has 0 spiro atoms. The van der Waals surface area contributed by atoms with E-state index in [2.05, 4.69) is 5.32 Å². The first-order valence-corrected chi connectivity index (χ1v) is 6.63. The fraction of sp³-hybridized carbons (Fsp3) is 0.636. The van der Waals surface area contributed by atoms with Gasteiger partial charge in [0.1, 0.15) is 0 Å². The van der Waals surface area contributed by atoms with Crippen LogP contribution in [0.15, 0.2) is 11.5 Å². The molecule has 1 saturated heterocycles. The lowest BCUT2D eigenvalue weighted by atomic mass is 10.1. The summed E-state index contributed by atoms with van der Waals surface area (Å²) < 4.78 is 10.6. The molecule has 96 valence electrons. The summed E-state index contributed by atoms with van der Waals surface area (Å²) in [6.07, 6.45) is 3.04. The van der Waals surface area contributed by atoms with Crippen molar-refractivity contribution in [1.82, 2.24) is 5.32 Å². The number of rotatable bonds is 5. The Bertz CT molecular complexity index is 298. The third-order valence-electron chi connectivity index (χ3n) is 2.34. The molecule has 1 aliphatic heterocycles. The number of allylic oxidation sites excluding steroid dienone is 1. The molecule has 6 heteroatoms. The minimum Gasteiger partial charge on any atom is -0.359 e. The van der Waals surface area contributed by atoms with E-state index in [0.29, 0.717) is 13.2 Å². The third kappa shape index (κ3) is 4.89. The molecule has 0 aromatic heterocycles. The molecular formula is C11H17NO4S. The van der Waals surface area contributed by atoms with Gasteiger partial charge in [0.25, 0.3) is 0 Å². The van der Waals surface area contributed by atoms with Crippen molar-refractivity contribution >= 4 is 23.5 Å². The Hall–Kier alpha value is -0.850. The van der Waals surface area contributed by atoms with Crippen molar-refractivity contribution in [3.8, 4) is 0 Å². The van der Waals surface area contributed by atoms with E-state index in [-0.39, 0.29) is 24.0 Å². The monoisotopic (exact) mass is 259 g/mol. The van der Waals surface area contributed by atoms with E-state index in [1.54, 1.807) is 12.5 Å². The predicted molar refractivity (Wildman–Crippen MR) is 65.5 cm³/mol. The lowest BCUT2D eigenvalue weighted by Gasteiger charge is -2.27. The molecule has 5 nitrogen and oxygen atoms in total. The molecule has 17 heavy (non-hydrogen) atoms. The van der Waals surface area contributed by atoms with E-state index in [0.717, 1.165) is 0 Å². The highest BCUT2D eigenvalue weighted by Gasteiger charge is 2.27. The Balaban J connectivity index is 2.30. The van der Waals surface area contributed by atoms with Crippen LogP contribution in [0, 0.1) is 5.92 Å². The van der Waals surface area contributed by atoms with Gasteiger partial charge in [0.2, 0.25) is 5.91 Å². The minimum atomic E-state index is -0.532. The van der Waals surface area contributed by atoms with Crippen molar-refractivity contribution in [2.45, 2.75) is 12.7 Å². The van der Waals surface area contributed by atoms with E-state index < -0.39 is 6.29 Å². The third-order valence-corrected chi connectivity index (χ3v) is 2.75. The minimum absolute atomic E-state index is 0.0391. The zero-order chi connectivity index (χ0) is 12.7. The molecule has 0 aromatic rings. The summed E-state index contributed by atoms with van der Waals surface area (Å²) in [5.74, 6) is -0.423. The Labute approximate surface area is 105 Å². The first-order chi connectivity index (χ1) is 8.17. The molecule has 1 N–H and O–H groups in total. The van der Waals surface area contributed by atoms with Gasteiger partial charge in [-0.2, -0.15) is 0 Å². The average Bonchev–Trinajstić information content (AvgIpc) is 2.36. The second kappa shape index (κ2) is 7.47. The second-order valence-corrected chi connectivity index (χ2v) is 4.36. The van der Waals surface area contributed by atoms with Gasteiger partial charge in [-0.1, -0.05) is 0 Å². The number of carbonyl (C=O) groups excluding carboxylic acids is 2. The smallest absolute Gasteiger partial charge is 0.227 e. The maximum absolute atomic E-state index is 11.4. The van der Waals surface area contributed by atoms with Crippen molar-refractivity contribution in [2.24, 2.45) is 5.92 Å². The van der Waals surface area contributed by atoms with Crippen LogP contribution in [0.4, 0.5) is 0 Å². The normalized spacial score (nSPS) is 24.8. The lowest BCUT2D eigenvalue weighted by Crippen LogP contribution is -2.41. The van der Waals surface area contributed by atoms with Gasteiger partial charge in [-0.15, -0.1) is 11.8 Å². The number of hydrogen-bond acceptors (Lipinski definition) is 5. The summed E-state index contributed by atoms with van der Waals surface area (Å²) in [4.78, 5) is 22.7. The molecule has 0 aromatic carbocycles. The Kier molecular flexibility index (Phi) is 6.25. The molecule has 1 amide bonds. The first-order valence-electron chi connectivity index (χ1n) is 5.34. The molecular weight excluding hydrogens is 242 g/mol. The lowest BCUT2D eigenvalue weighted by molar-refractivity contribution is -0.202.